The van der Waals surface area contributed by atoms with Crippen LogP contribution in [0.25, 0.3) is 0 Å². The van der Waals surface area contributed by atoms with Crippen LogP contribution < -0.4 is 10.1 Å². The van der Waals surface area contributed by atoms with Crippen molar-refractivity contribution in [1.29, 1.82) is 0 Å². The zero-order chi connectivity index (χ0) is 22.1. The van der Waals surface area contributed by atoms with Crippen molar-refractivity contribution in [3.8, 4) is 5.75 Å². The SMILES string of the molecule is Cc1ccc(OCCN(C)C(=O)Cn2cc(NC(=O)CCc3ccccc3)cn2)cc1.Cl. The van der Waals surface area contributed by atoms with Crippen molar-refractivity contribution in [2.45, 2.75) is 26.3 Å². The molecule has 3 aromatic rings. The fourth-order valence-corrected chi connectivity index (χ4v) is 2.96. The van der Waals surface area contributed by atoms with E-state index in [2.05, 4.69) is 10.4 Å². The Hall–Kier alpha value is -3.32. The minimum absolute atomic E-state index is 0. The van der Waals surface area contributed by atoms with E-state index < -0.39 is 0 Å². The number of aromatic nitrogens is 2. The molecule has 0 unspecified atom stereocenters. The van der Waals surface area contributed by atoms with Crippen molar-refractivity contribution in [3.63, 3.8) is 0 Å². The minimum Gasteiger partial charge on any atom is -0.492 e. The molecule has 0 bridgehead atoms. The fraction of sp³-hybridized carbons (Fsp3) is 0.292. The van der Waals surface area contributed by atoms with Crippen molar-refractivity contribution >= 4 is 29.9 Å². The largest absolute Gasteiger partial charge is 0.492 e. The molecule has 0 fully saturated rings. The lowest BCUT2D eigenvalue weighted by Gasteiger charge is -2.17. The predicted octanol–water partition coefficient (Wildman–Crippen LogP) is 3.72. The molecule has 0 radical (unpaired) electrons. The quantitative estimate of drug-likeness (QED) is 0.504. The number of likely N-dealkylation sites (N-methyl/N-ethyl adjacent to an activating group) is 1. The Balaban J connectivity index is 0.00000363. The molecule has 0 aliphatic rings. The summed E-state index contributed by atoms with van der Waals surface area (Å²) in [7, 11) is 1.73. The van der Waals surface area contributed by atoms with E-state index >= 15 is 0 Å². The number of nitrogens with zero attached hydrogens (tertiary/aromatic N) is 3. The van der Waals surface area contributed by atoms with E-state index in [0.717, 1.165) is 11.3 Å². The van der Waals surface area contributed by atoms with Gasteiger partial charge in [-0.3, -0.25) is 14.3 Å². The first kappa shape index (κ1) is 24.9. The maximum absolute atomic E-state index is 12.4. The van der Waals surface area contributed by atoms with Crippen molar-refractivity contribution in [2.24, 2.45) is 0 Å². The molecule has 0 saturated heterocycles. The number of halogens is 1. The second kappa shape index (κ2) is 12.5. The second-order valence-electron chi connectivity index (χ2n) is 7.44. The van der Waals surface area contributed by atoms with Crippen LogP contribution in [-0.4, -0.2) is 46.7 Å². The highest BCUT2D eigenvalue weighted by atomic mass is 35.5. The third-order valence-corrected chi connectivity index (χ3v) is 4.84. The molecule has 32 heavy (non-hydrogen) atoms. The molecule has 1 N–H and O–H groups in total. The van der Waals surface area contributed by atoms with Gasteiger partial charge >= 0.3 is 0 Å². The number of amides is 2. The first-order chi connectivity index (χ1) is 15.0. The summed E-state index contributed by atoms with van der Waals surface area (Å²) in [5, 5.41) is 6.99. The molecule has 0 saturated carbocycles. The number of anilines is 1. The average Bonchev–Trinajstić information content (AvgIpc) is 3.20. The van der Waals surface area contributed by atoms with Crippen LogP contribution in [0.15, 0.2) is 67.0 Å². The van der Waals surface area contributed by atoms with Crippen LogP contribution in [-0.2, 0) is 22.6 Å². The standard InChI is InChI=1S/C24H28N4O3.ClH/c1-19-8-11-22(12-9-19)31-15-14-27(2)24(30)18-28-17-21(16-25-28)26-23(29)13-10-20-6-4-3-5-7-20;/h3-9,11-12,16-17H,10,13-15,18H2,1-2H3,(H,26,29);1H. The van der Waals surface area contributed by atoms with Crippen molar-refractivity contribution in [3.05, 3.63) is 78.1 Å². The van der Waals surface area contributed by atoms with Crippen molar-refractivity contribution in [1.82, 2.24) is 14.7 Å². The van der Waals surface area contributed by atoms with Gasteiger partial charge in [-0.25, -0.2) is 0 Å². The van der Waals surface area contributed by atoms with Crippen molar-refractivity contribution < 1.29 is 14.3 Å². The number of nitrogens with one attached hydrogen (secondary N) is 1. The molecule has 1 heterocycles. The molecule has 0 atom stereocenters. The Morgan fingerprint density at radius 3 is 2.53 bits per heavy atom. The van der Waals surface area contributed by atoms with Gasteiger partial charge in [0.2, 0.25) is 11.8 Å². The molecule has 0 aliphatic heterocycles. The van der Waals surface area contributed by atoms with Crippen LogP contribution in [0.3, 0.4) is 0 Å². The van der Waals surface area contributed by atoms with Crippen LogP contribution in [0.1, 0.15) is 17.5 Å². The Labute approximate surface area is 194 Å². The third kappa shape index (κ3) is 8.07. The van der Waals surface area contributed by atoms with E-state index in [0.29, 0.717) is 31.7 Å². The molecular weight excluding hydrogens is 428 g/mol. The lowest BCUT2D eigenvalue weighted by Crippen LogP contribution is -2.33. The molecule has 2 amide bonds. The topological polar surface area (TPSA) is 76.5 Å². The molecular formula is C24H29ClN4O3. The van der Waals surface area contributed by atoms with Gasteiger partial charge in [0.15, 0.2) is 0 Å². The highest BCUT2D eigenvalue weighted by Gasteiger charge is 2.12. The number of rotatable bonds is 10. The normalized spacial score (nSPS) is 10.2. The van der Waals surface area contributed by atoms with Gasteiger partial charge in [0.1, 0.15) is 18.9 Å². The van der Waals surface area contributed by atoms with Gasteiger partial charge in [0.05, 0.1) is 18.4 Å². The smallest absolute Gasteiger partial charge is 0.244 e. The summed E-state index contributed by atoms with van der Waals surface area (Å²) in [4.78, 5) is 26.2. The lowest BCUT2D eigenvalue weighted by molar-refractivity contribution is -0.131. The summed E-state index contributed by atoms with van der Waals surface area (Å²) < 4.78 is 7.19. The maximum atomic E-state index is 12.4. The van der Waals surface area contributed by atoms with Gasteiger partial charge in [-0.05, 0) is 31.0 Å². The van der Waals surface area contributed by atoms with E-state index in [1.165, 1.54) is 10.2 Å². The second-order valence-corrected chi connectivity index (χ2v) is 7.44. The number of aryl methyl sites for hydroxylation is 2. The molecule has 7 nitrogen and oxygen atoms in total. The van der Waals surface area contributed by atoms with E-state index in [1.807, 2.05) is 61.5 Å². The van der Waals surface area contributed by atoms with Gasteiger partial charge in [-0.15, -0.1) is 12.4 Å². The Morgan fingerprint density at radius 1 is 1.09 bits per heavy atom. The third-order valence-electron chi connectivity index (χ3n) is 4.84. The van der Waals surface area contributed by atoms with Crippen LogP contribution >= 0.6 is 12.4 Å². The fourth-order valence-electron chi connectivity index (χ4n) is 2.96. The molecule has 0 spiro atoms. The van der Waals surface area contributed by atoms with Crippen LogP contribution in [0.4, 0.5) is 5.69 Å². The molecule has 8 heteroatoms. The van der Waals surface area contributed by atoms with E-state index in [-0.39, 0.29) is 30.8 Å². The summed E-state index contributed by atoms with van der Waals surface area (Å²) in [6.07, 6.45) is 4.27. The highest BCUT2D eigenvalue weighted by Crippen LogP contribution is 2.11. The summed E-state index contributed by atoms with van der Waals surface area (Å²) in [5.74, 6) is 0.615. The lowest BCUT2D eigenvalue weighted by atomic mass is 10.1. The number of carbonyl (C=O) groups is 2. The number of hydrogen-bond acceptors (Lipinski definition) is 4. The highest BCUT2D eigenvalue weighted by molar-refractivity contribution is 5.90. The van der Waals surface area contributed by atoms with E-state index in [1.54, 1.807) is 24.3 Å². The van der Waals surface area contributed by atoms with Crippen LogP contribution in [0.5, 0.6) is 5.75 Å². The number of carbonyl (C=O) groups excluding carboxylic acids is 2. The Bertz CT molecular complexity index is 990. The first-order valence-electron chi connectivity index (χ1n) is 10.3. The van der Waals surface area contributed by atoms with E-state index in [9.17, 15) is 9.59 Å². The van der Waals surface area contributed by atoms with Gasteiger partial charge in [-0.2, -0.15) is 5.10 Å². The summed E-state index contributed by atoms with van der Waals surface area (Å²) in [6, 6.07) is 17.7. The van der Waals surface area contributed by atoms with Gasteiger partial charge in [-0.1, -0.05) is 48.0 Å². The number of hydrogen-bond donors (Lipinski definition) is 1. The number of ether oxygens (including phenoxy) is 1. The van der Waals surface area contributed by atoms with Gasteiger partial charge in [0, 0.05) is 19.7 Å². The van der Waals surface area contributed by atoms with Crippen molar-refractivity contribution in [2.75, 3.05) is 25.5 Å². The predicted molar refractivity (Wildman–Crippen MR) is 127 cm³/mol. The average molecular weight is 457 g/mol. The molecule has 1 aromatic heterocycles. The van der Waals surface area contributed by atoms with Crippen LogP contribution in [0.2, 0.25) is 0 Å². The van der Waals surface area contributed by atoms with Crippen LogP contribution in [0, 0.1) is 6.92 Å². The molecule has 170 valence electrons. The maximum Gasteiger partial charge on any atom is 0.244 e. The summed E-state index contributed by atoms with van der Waals surface area (Å²) in [6.45, 7) is 3.00. The number of benzene rings is 2. The van der Waals surface area contributed by atoms with Gasteiger partial charge < -0.3 is 15.0 Å². The molecule has 2 aromatic carbocycles. The molecule has 3 rings (SSSR count). The summed E-state index contributed by atoms with van der Waals surface area (Å²) >= 11 is 0. The van der Waals surface area contributed by atoms with Gasteiger partial charge in [0.25, 0.3) is 0 Å². The monoisotopic (exact) mass is 456 g/mol. The first-order valence-corrected chi connectivity index (χ1v) is 10.3. The zero-order valence-electron chi connectivity index (χ0n) is 18.4. The Morgan fingerprint density at radius 2 is 1.81 bits per heavy atom. The molecule has 0 aliphatic carbocycles. The van der Waals surface area contributed by atoms with E-state index in [4.69, 9.17) is 4.74 Å². The minimum atomic E-state index is -0.0856. The Kier molecular flexibility index (Phi) is 9.76. The summed E-state index contributed by atoms with van der Waals surface area (Å²) in [5.41, 5.74) is 2.87. The zero-order valence-corrected chi connectivity index (χ0v) is 19.2.